The van der Waals surface area contributed by atoms with Gasteiger partial charge in [-0.3, -0.25) is 9.36 Å². The first kappa shape index (κ1) is 17.3. The Morgan fingerprint density at radius 3 is 2.44 bits per heavy atom. The highest BCUT2D eigenvalue weighted by molar-refractivity contribution is 7.52. The van der Waals surface area contributed by atoms with Crippen molar-refractivity contribution in [2.45, 2.75) is 39.2 Å². The Morgan fingerprint density at radius 1 is 1.39 bits per heavy atom. The Labute approximate surface area is 107 Å². The van der Waals surface area contributed by atoms with E-state index in [0.717, 1.165) is 6.42 Å². The smallest absolute Gasteiger partial charge is 0.329 e. The van der Waals surface area contributed by atoms with E-state index >= 15 is 0 Å². The molecule has 106 valence electrons. The lowest BCUT2D eigenvalue weighted by atomic mass is 10.1. The van der Waals surface area contributed by atoms with Crippen molar-refractivity contribution in [1.29, 1.82) is 0 Å². The Hall–Kier alpha value is -0.680. The molecular formula is C11H22NO5P. The molecule has 0 amide bonds. The predicted octanol–water partition coefficient (Wildman–Crippen LogP) is 1.17. The fourth-order valence-electron chi connectivity index (χ4n) is 1.42. The monoisotopic (exact) mass is 279 g/mol. The van der Waals surface area contributed by atoms with Crippen molar-refractivity contribution >= 4 is 13.6 Å². The lowest BCUT2D eigenvalue weighted by Crippen LogP contribution is -2.31. The molecule has 0 aromatic rings. The lowest BCUT2D eigenvalue weighted by Gasteiger charge is -2.12. The van der Waals surface area contributed by atoms with Crippen LogP contribution in [0.5, 0.6) is 0 Å². The normalized spacial score (nSPS) is 14.4. The highest BCUT2D eigenvalue weighted by atomic mass is 31.2. The number of carbonyl (C=O) groups excluding carboxylic acids is 1. The van der Waals surface area contributed by atoms with E-state index in [0.29, 0.717) is 25.0 Å². The molecule has 1 unspecified atom stereocenters. The van der Waals surface area contributed by atoms with Crippen LogP contribution in [-0.2, 0) is 14.1 Å². The fourth-order valence-corrected chi connectivity index (χ4v) is 2.21. The maximum atomic E-state index is 11.4. The number of hydrogen-bond acceptors (Lipinski definition) is 4. The number of carbonyl (C=O) groups is 1. The first-order chi connectivity index (χ1) is 8.30. The number of rotatable bonds is 8. The zero-order valence-electron chi connectivity index (χ0n) is 10.8. The first-order valence-corrected chi connectivity index (χ1v) is 7.76. The number of esters is 1. The molecule has 0 spiro atoms. The van der Waals surface area contributed by atoms with Crippen LogP contribution in [0, 0.1) is 0 Å². The third-order valence-electron chi connectivity index (χ3n) is 2.12. The van der Waals surface area contributed by atoms with Crippen LogP contribution in [0.3, 0.4) is 0 Å². The van der Waals surface area contributed by atoms with Gasteiger partial charge in [0.15, 0.2) is 0 Å². The van der Waals surface area contributed by atoms with Gasteiger partial charge in [-0.15, -0.1) is 0 Å². The number of nitrogens with two attached hydrogens (primary N) is 1. The molecule has 0 saturated carbocycles. The summed E-state index contributed by atoms with van der Waals surface area (Å²) in [6.07, 6.45) is 2.95. The second-order valence-corrected chi connectivity index (χ2v) is 5.74. The maximum absolute atomic E-state index is 11.4. The van der Waals surface area contributed by atoms with Crippen molar-refractivity contribution in [3.8, 4) is 0 Å². The molecule has 6 nitrogen and oxygen atoms in total. The molecule has 0 aromatic heterocycles. The zero-order valence-corrected chi connectivity index (χ0v) is 11.7. The molecule has 0 aliphatic carbocycles. The third-order valence-corrected chi connectivity index (χ3v) is 2.93. The van der Waals surface area contributed by atoms with Crippen molar-refractivity contribution in [1.82, 2.24) is 0 Å². The second kappa shape index (κ2) is 8.43. The SMILES string of the molecule is CCCOC(=O)C(N)C=C(CCC)CP(=O)(O)O. The maximum Gasteiger partial charge on any atom is 0.329 e. The minimum absolute atomic E-state index is 0.294. The van der Waals surface area contributed by atoms with E-state index in [1.165, 1.54) is 6.08 Å². The summed E-state index contributed by atoms with van der Waals surface area (Å²) in [7, 11) is -4.14. The summed E-state index contributed by atoms with van der Waals surface area (Å²) in [6.45, 7) is 4.04. The van der Waals surface area contributed by atoms with Crippen molar-refractivity contribution in [3.05, 3.63) is 11.6 Å². The summed E-state index contributed by atoms with van der Waals surface area (Å²) in [6, 6.07) is -0.968. The molecule has 0 heterocycles. The Kier molecular flexibility index (Phi) is 8.11. The molecule has 1 atom stereocenters. The summed E-state index contributed by atoms with van der Waals surface area (Å²) >= 11 is 0. The largest absolute Gasteiger partial charge is 0.464 e. The average molecular weight is 279 g/mol. The van der Waals surface area contributed by atoms with Crippen LogP contribution in [0.25, 0.3) is 0 Å². The summed E-state index contributed by atoms with van der Waals surface area (Å²) in [5.41, 5.74) is 6.10. The van der Waals surface area contributed by atoms with Crippen LogP contribution >= 0.6 is 7.60 Å². The van der Waals surface area contributed by atoms with E-state index in [9.17, 15) is 9.36 Å². The third kappa shape index (κ3) is 8.42. The van der Waals surface area contributed by atoms with E-state index in [1.807, 2.05) is 13.8 Å². The molecule has 0 aromatic carbocycles. The molecule has 4 N–H and O–H groups in total. The van der Waals surface area contributed by atoms with Gasteiger partial charge in [-0.1, -0.05) is 31.9 Å². The molecule has 0 fully saturated rings. The van der Waals surface area contributed by atoms with Gasteiger partial charge in [0, 0.05) is 0 Å². The lowest BCUT2D eigenvalue weighted by molar-refractivity contribution is -0.144. The molecule has 0 rings (SSSR count). The van der Waals surface area contributed by atoms with Gasteiger partial charge in [0.1, 0.15) is 6.04 Å². The van der Waals surface area contributed by atoms with E-state index < -0.39 is 19.6 Å². The topological polar surface area (TPSA) is 110 Å². The summed E-state index contributed by atoms with van der Waals surface area (Å²) < 4.78 is 15.8. The van der Waals surface area contributed by atoms with Crippen LogP contribution in [0.15, 0.2) is 11.6 Å². The van der Waals surface area contributed by atoms with Gasteiger partial charge < -0.3 is 20.3 Å². The van der Waals surface area contributed by atoms with Crippen LogP contribution in [0.1, 0.15) is 33.1 Å². The number of ether oxygens (including phenoxy) is 1. The molecule has 0 aliphatic rings. The van der Waals surface area contributed by atoms with Gasteiger partial charge in [0.25, 0.3) is 0 Å². The Bertz CT molecular complexity index is 336. The quantitative estimate of drug-likeness (QED) is 0.349. The van der Waals surface area contributed by atoms with Gasteiger partial charge in [0.2, 0.25) is 0 Å². The van der Waals surface area contributed by atoms with E-state index in [2.05, 4.69) is 0 Å². The highest BCUT2D eigenvalue weighted by Gasteiger charge is 2.18. The molecule has 7 heteroatoms. The Balaban J connectivity index is 4.62. The van der Waals surface area contributed by atoms with Gasteiger partial charge in [0.05, 0.1) is 12.8 Å². The molecular weight excluding hydrogens is 257 g/mol. The van der Waals surface area contributed by atoms with E-state index in [4.69, 9.17) is 20.3 Å². The van der Waals surface area contributed by atoms with Gasteiger partial charge >= 0.3 is 13.6 Å². The van der Waals surface area contributed by atoms with Crippen molar-refractivity contribution < 1.29 is 23.9 Å². The number of allylic oxidation sites excluding steroid dienone is 1. The van der Waals surface area contributed by atoms with Gasteiger partial charge in [-0.05, 0) is 12.8 Å². The number of hydrogen-bond donors (Lipinski definition) is 3. The predicted molar refractivity (Wildman–Crippen MR) is 69.1 cm³/mol. The first-order valence-electron chi connectivity index (χ1n) is 5.96. The molecule has 0 bridgehead atoms. The van der Waals surface area contributed by atoms with E-state index in [-0.39, 0.29) is 6.16 Å². The zero-order chi connectivity index (χ0) is 14.2. The van der Waals surface area contributed by atoms with Crippen LogP contribution in [0.4, 0.5) is 0 Å². The van der Waals surface area contributed by atoms with Gasteiger partial charge in [-0.2, -0.15) is 0 Å². The van der Waals surface area contributed by atoms with Gasteiger partial charge in [-0.25, -0.2) is 0 Å². The molecule has 0 aliphatic heterocycles. The highest BCUT2D eigenvalue weighted by Crippen LogP contribution is 2.37. The summed E-state index contributed by atoms with van der Waals surface area (Å²) in [5, 5.41) is 0. The van der Waals surface area contributed by atoms with E-state index in [1.54, 1.807) is 0 Å². The molecule has 0 saturated heterocycles. The summed E-state index contributed by atoms with van der Waals surface area (Å²) in [4.78, 5) is 29.3. The minimum atomic E-state index is -4.14. The summed E-state index contributed by atoms with van der Waals surface area (Å²) in [5.74, 6) is -0.573. The fraction of sp³-hybridized carbons (Fsp3) is 0.727. The van der Waals surface area contributed by atoms with Crippen LogP contribution < -0.4 is 5.73 Å². The minimum Gasteiger partial charge on any atom is -0.464 e. The molecule has 18 heavy (non-hydrogen) atoms. The van der Waals surface area contributed by atoms with Crippen molar-refractivity contribution in [2.24, 2.45) is 5.73 Å². The standard InChI is InChI=1S/C11H22NO5P/c1-3-5-9(8-18(14,15)16)7-10(12)11(13)17-6-4-2/h7,10H,3-6,8,12H2,1-2H3,(H2,14,15,16). The average Bonchev–Trinajstić information content (AvgIpc) is 2.23. The van der Waals surface area contributed by atoms with Crippen LogP contribution in [-0.4, -0.2) is 34.6 Å². The second-order valence-electron chi connectivity index (χ2n) is 4.09. The van der Waals surface area contributed by atoms with Crippen molar-refractivity contribution in [2.75, 3.05) is 12.8 Å². The molecule has 0 radical (unpaired) electrons. The Morgan fingerprint density at radius 2 is 2.00 bits per heavy atom. The van der Waals surface area contributed by atoms with Crippen molar-refractivity contribution in [3.63, 3.8) is 0 Å². The van der Waals surface area contributed by atoms with Crippen LogP contribution in [0.2, 0.25) is 0 Å².